The average Bonchev–Trinajstić information content (AvgIpc) is 2.31. The van der Waals surface area contributed by atoms with Crippen molar-refractivity contribution in [2.45, 2.75) is 12.5 Å². The van der Waals surface area contributed by atoms with Gasteiger partial charge in [0, 0.05) is 7.05 Å². The lowest BCUT2D eigenvalue weighted by atomic mass is 10.0. The molecule has 0 amide bonds. The minimum absolute atomic E-state index is 0.160. The lowest BCUT2D eigenvalue weighted by Gasteiger charge is -2.22. The minimum atomic E-state index is -0.831. The van der Waals surface area contributed by atoms with E-state index in [4.69, 9.17) is 22.4 Å². The van der Waals surface area contributed by atoms with E-state index in [0.29, 0.717) is 10.8 Å². The van der Waals surface area contributed by atoms with E-state index in [9.17, 15) is 0 Å². The highest BCUT2D eigenvalue weighted by Gasteiger charge is 2.26. The van der Waals surface area contributed by atoms with Gasteiger partial charge in [0.15, 0.2) is 5.15 Å². The standard InChI is InChI=1S/C7H12ClN3O/c1-7(9,3-12)5-6(8)10-4-11(5)2/h4,12H,3,9H2,1-2H3. The molecule has 1 heterocycles. The zero-order chi connectivity index (χ0) is 9.35. The number of aromatic nitrogens is 2. The van der Waals surface area contributed by atoms with Gasteiger partial charge in [-0.05, 0) is 6.92 Å². The summed E-state index contributed by atoms with van der Waals surface area (Å²) in [6.07, 6.45) is 1.57. The van der Waals surface area contributed by atoms with E-state index >= 15 is 0 Å². The van der Waals surface area contributed by atoms with E-state index < -0.39 is 5.54 Å². The Kier molecular flexibility index (Phi) is 2.41. The molecule has 0 fully saturated rings. The van der Waals surface area contributed by atoms with Crippen LogP contribution in [0.15, 0.2) is 6.33 Å². The Bertz CT molecular complexity index is 263. The molecule has 68 valence electrons. The highest BCUT2D eigenvalue weighted by molar-refractivity contribution is 6.30. The molecule has 0 bridgehead atoms. The first-order valence-electron chi connectivity index (χ1n) is 3.56. The highest BCUT2D eigenvalue weighted by atomic mass is 35.5. The average molecular weight is 190 g/mol. The number of hydrogen-bond donors (Lipinski definition) is 2. The van der Waals surface area contributed by atoms with Gasteiger partial charge in [0.1, 0.15) is 0 Å². The number of imidazole rings is 1. The van der Waals surface area contributed by atoms with E-state index in [0.717, 1.165) is 0 Å². The second kappa shape index (κ2) is 3.05. The summed E-state index contributed by atoms with van der Waals surface area (Å²) in [7, 11) is 1.79. The van der Waals surface area contributed by atoms with Gasteiger partial charge in [-0.25, -0.2) is 4.98 Å². The Balaban J connectivity index is 3.17. The molecule has 0 saturated carbocycles. The van der Waals surface area contributed by atoms with Crippen LogP contribution in [0.1, 0.15) is 12.6 Å². The molecule has 1 atom stereocenters. The van der Waals surface area contributed by atoms with Crippen molar-refractivity contribution < 1.29 is 5.11 Å². The molecular formula is C7H12ClN3O. The van der Waals surface area contributed by atoms with Gasteiger partial charge >= 0.3 is 0 Å². The van der Waals surface area contributed by atoms with Gasteiger partial charge in [-0.1, -0.05) is 11.6 Å². The van der Waals surface area contributed by atoms with E-state index in [-0.39, 0.29) is 6.61 Å². The summed E-state index contributed by atoms with van der Waals surface area (Å²) < 4.78 is 1.71. The third-order valence-electron chi connectivity index (χ3n) is 1.76. The van der Waals surface area contributed by atoms with Crippen molar-refractivity contribution in [1.82, 2.24) is 9.55 Å². The fraction of sp³-hybridized carbons (Fsp3) is 0.571. The molecule has 4 nitrogen and oxygen atoms in total. The summed E-state index contributed by atoms with van der Waals surface area (Å²) in [5, 5.41) is 9.33. The summed E-state index contributed by atoms with van der Waals surface area (Å²) in [4.78, 5) is 3.87. The number of nitrogens with zero attached hydrogens (tertiary/aromatic N) is 2. The van der Waals surface area contributed by atoms with Crippen molar-refractivity contribution in [3.05, 3.63) is 17.2 Å². The van der Waals surface area contributed by atoms with Crippen molar-refractivity contribution in [2.24, 2.45) is 12.8 Å². The predicted molar refractivity (Wildman–Crippen MR) is 46.8 cm³/mol. The normalized spacial score (nSPS) is 16.1. The molecule has 1 unspecified atom stereocenters. The minimum Gasteiger partial charge on any atom is -0.394 e. The molecule has 3 N–H and O–H groups in total. The van der Waals surface area contributed by atoms with Crippen LogP contribution >= 0.6 is 11.6 Å². The topological polar surface area (TPSA) is 64.1 Å². The number of aliphatic hydroxyl groups excluding tert-OH is 1. The Morgan fingerprint density at radius 2 is 2.42 bits per heavy atom. The number of aryl methyl sites for hydroxylation is 1. The monoisotopic (exact) mass is 189 g/mol. The number of nitrogens with two attached hydrogens (primary N) is 1. The van der Waals surface area contributed by atoms with Gasteiger partial charge in [-0.15, -0.1) is 0 Å². The Morgan fingerprint density at radius 3 is 2.75 bits per heavy atom. The summed E-state index contributed by atoms with van der Waals surface area (Å²) in [5.74, 6) is 0. The maximum absolute atomic E-state index is 8.99. The van der Waals surface area contributed by atoms with Crippen molar-refractivity contribution in [3.63, 3.8) is 0 Å². The Hall–Kier alpha value is -0.580. The number of rotatable bonds is 2. The lowest BCUT2D eigenvalue weighted by Crippen LogP contribution is -2.39. The molecular weight excluding hydrogens is 178 g/mol. The van der Waals surface area contributed by atoms with Gasteiger partial charge in [0.25, 0.3) is 0 Å². The molecule has 0 aliphatic rings. The van der Waals surface area contributed by atoms with Gasteiger partial charge < -0.3 is 15.4 Å². The smallest absolute Gasteiger partial charge is 0.152 e. The third kappa shape index (κ3) is 1.46. The Labute approximate surface area is 76.0 Å². The summed E-state index contributed by atoms with van der Waals surface area (Å²) >= 11 is 5.79. The fourth-order valence-corrected chi connectivity index (χ4v) is 1.51. The third-order valence-corrected chi connectivity index (χ3v) is 2.04. The van der Waals surface area contributed by atoms with Crippen LogP contribution in [0.5, 0.6) is 0 Å². The SMILES string of the molecule is Cn1cnc(Cl)c1C(C)(N)CO. The van der Waals surface area contributed by atoms with Gasteiger partial charge in [-0.2, -0.15) is 0 Å². The molecule has 0 saturated heterocycles. The molecule has 5 heteroatoms. The molecule has 0 aromatic carbocycles. The summed E-state index contributed by atoms with van der Waals surface area (Å²) in [6.45, 7) is 1.54. The van der Waals surface area contributed by atoms with Gasteiger partial charge in [-0.3, -0.25) is 0 Å². The quantitative estimate of drug-likeness (QED) is 0.701. The van der Waals surface area contributed by atoms with E-state index in [2.05, 4.69) is 4.98 Å². The molecule has 1 aromatic rings. The molecule has 1 aromatic heterocycles. The summed E-state index contributed by atoms with van der Waals surface area (Å²) in [6, 6.07) is 0. The number of halogens is 1. The zero-order valence-corrected chi connectivity index (χ0v) is 7.84. The first kappa shape index (κ1) is 9.51. The predicted octanol–water partition coefficient (Wildman–Crippen LogP) is 0.240. The van der Waals surface area contributed by atoms with Crippen LogP contribution in [-0.2, 0) is 12.6 Å². The van der Waals surface area contributed by atoms with Crippen LogP contribution in [0.3, 0.4) is 0 Å². The molecule has 1 rings (SSSR count). The van der Waals surface area contributed by atoms with Crippen molar-refractivity contribution in [3.8, 4) is 0 Å². The van der Waals surface area contributed by atoms with Gasteiger partial charge in [0.05, 0.1) is 24.2 Å². The zero-order valence-electron chi connectivity index (χ0n) is 7.08. The molecule has 0 spiro atoms. The molecule has 12 heavy (non-hydrogen) atoms. The van der Waals surface area contributed by atoms with E-state index in [1.807, 2.05) is 0 Å². The second-order valence-electron chi connectivity index (χ2n) is 3.07. The van der Waals surface area contributed by atoms with Crippen molar-refractivity contribution in [1.29, 1.82) is 0 Å². The maximum Gasteiger partial charge on any atom is 0.152 e. The van der Waals surface area contributed by atoms with Crippen LogP contribution < -0.4 is 5.73 Å². The molecule has 0 aliphatic heterocycles. The molecule has 0 aliphatic carbocycles. The highest BCUT2D eigenvalue weighted by Crippen LogP contribution is 2.23. The number of aliphatic hydroxyl groups is 1. The lowest BCUT2D eigenvalue weighted by molar-refractivity contribution is 0.204. The first-order valence-corrected chi connectivity index (χ1v) is 3.94. The van der Waals surface area contributed by atoms with Crippen LogP contribution in [0.2, 0.25) is 5.15 Å². The van der Waals surface area contributed by atoms with Crippen molar-refractivity contribution >= 4 is 11.6 Å². The van der Waals surface area contributed by atoms with Crippen LogP contribution in [-0.4, -0.2) is 21.3 Å². The van der Waals surface area contributed by atoms with Crippen LogP contribution in [0.25, 0.3) is 0 Å². The van der Waals surface area contributed by atoms with Gasteiger partial charge in [0.2, 0.25) is 0 Å². The van der Waals surface area contributed by atoms with Crippen molar-refractivity contribution in [2.75, 3.05) is 6.61 Å². The largest absolute Gasteiger partial charge is 0.394 e. The van der Waals surface area contributed by atoms with Crippen LogP contribution in [0, 0.1) is 0 Å². The van der Waals surface area contributed by atoms with Crippen LogP contribution in [0.4, 0.5) is 0 Å². The second-order valence-corrected chi connectivity index (χ2v) is 3.43. The number of hydrogen-bond acceptors (Lipinski definition) is 3. The van der Waals surface area contributed by atoms with E-state index in [1.165, 1.54) is 0 Å². The first-order chi connectivity index (χ1) is 5.49. The summed E-state index contributed by atoms with van der Waals surface area (Å²) in [5.41, 5.74) is 5.60. The van der Waals surface area contributed by atoms with E-state index in [1.54, 1.807) is 24.9 Å². The fourth-order valence-electron chi connectivity index (χ4n) is 1.12. The maximum atomic E-state index is 8.99. The Morgan fingerprint density at radius 1 is 1.83 bits per heavy atom. The molecule has 0 radical (unpaired) electrons.